The molecule has 0 spiro atoms. The van der Waals surface area contributed by atoms with Crippen molar-refractivity contribution in [2.75, 3.05) is 13.1 Å². The van der Waals surface area contributed by atoms with Crippen LogP contribution in [0.25, 0.3) is 0 Å². The van der Waals surface area contributed by atoms with Crippen LogP contribution in [0.4, 0.5) is 4.79 Å². The van der Waals surface area contributed by atoms with E-state index in [2.05, 4.69) is 5.32 Å². The van der Waals surface area contributed by atoms with Crippen LogP contribution in [-0.2, 0) is 9.53 Å². The standard InChI is InChI=1S/C19H25N3O3/c1-11-4-2-3-5-12(11)15(21-19(20)24)8-18(23)22-9-13-14(10-22)17-7-6-16(13)25-17/h2-5,13-17H,6-10H2,1H3,(H3,20,21,24)/t13-,14-,15+,16-,17-/m1/s1. The maximum absolute atomic E-state index is 12.9. The Labute approximate surface area is 147 Å². The van der Waals surface area contributed by atoms with Crippen molar-refractivity contribution in [1.82, 2.24) is 10.2 Å². The lowest BCUT2D eigenvalue weighted by atomic mass is 9.82. The maximum atomic E-state index is 12.9. The van der Waals surface area contributed by atoms with Crippen molar-refractivity contribution in [1.29, 1.82) is 0 Å². The fraction of sp³-hybridized carbons (Fsp3) is 0.579. The zero-order valence-electron chi connectivity index (χ0n) is 14.5. The number of carbonyl (C=O) groups excluding carboxylic acids is 2. The highest BCUT2D eigenvalue weighted by Gasteiger charge is 2.53. The Hall–Kier alpha value is -2.08. The highest BCUT2D eigenvalue weighted by molar-refractivity contribution is 5.79. The zero-order valence-corrected chi connectivity index (χ0v) is 14.5. The fourth-order valence-corrected chi connectivity index (χ4v) is 4.86. The zero-order chi connectivity index (χ0) is 17.6. The highest BCUT2D eigenvalue weighted by atomic mass is 16.5. The summed E-state index contributed by atoms with van der Waals surface area (Å²) in [5, 5.41) is 2.74. The van der Waals surface area contributed by atoms with E-state index >= 15 is 0 Å². The minimum atomic E-state index is -0.606. The van der Waals surface area contributed by atoms with E-state index in [1.807, 2.05) is 36.1 Å². The molecule has 0 radical (unpaired) electrons. The van der Waals surface area contributed by atoms with Crippen molar-refractivity contribution >= 4 is 11.9 Å². The van der Waals surface area contributed by atoms with E-state index in [-0.39, 0.29) is 18.4 Å². The third-order valence-electron chi connectivity index (χ3n) is 6.06. The Morgan fingerprint density at radius 3 is 2.48 bits per heavy atom. The molecule has 0 aliphatic carbocycles. The second-order valence-corrected chi connectivity index (χ2v) is 7.54. The van der Waals surface area contributed by atoms with Crippen molar-refractivity contribution in [3.63, 3.8) is 0 Å². The lowest BCUT2D eigenvalue weighted by molar-refractivity contribution is -0.131. The molecule has 3 amide bonds. The second kappa shape index (κ2) is 6.33. The number of fused-ring (bicyclic) bond motifs is 5. The van der Waals surface area contributed by atoms with E-state index in [0.717, 1.165) is 37.1 Å². The number of benzene rings is 1. The van der Waals surface area contributed by atoms with E-state index in [9.17, 15) is 9.59 Å². The Balaban J connectivity index is 1.46. The molecule has 134 valence electrons. The summed E-state index contributed by atoms with van der Waals surface area (Å²) in [6, 6.07) is 6.78. The van der Waals surface area contributed by atoms with Gasteiger partial charge in [-0.25, -0.2) is 4.79 Å². The number of likely N-dealkylation sites (tertiary alicyclic amines) is 1. The van der Waals surface area contributed by atoms with E-state index in [0.29, 0.717) is 24.0 Å². The average molecular weight is 343 g/mol. The second-order valence-electron chi connectivity index (χ2n) is 7.54. The van der Waals surface area contributed by atoms with Gasteiger partial charge in [0.2, 0.25) is 5.91 Å². The molecule has 3 N–H and O–H groups in total. The van der Waals surface area contributed by atoms with Crippen LogP contribution in [0.3, 0.4) is 0 Å². The largest absolute Gasteiger partial charge is 0.374 e. The minimum Gasteiger partial charge on any atom is -0.374 e. The third kappa shape index (κ3) is 2.99. The summed E-state index contributed by atoms with van der Waals surface area (Å²) in [7, 11) is 0. The molecular weight excluding hydrogens is 318 g/mol. The Kier molecular flexibility index (Phi) is 4.15. The number of nitrogens with two attached hydrogens (primary N) is 1. The molecule has 6 heteroatoms. The van der Waals surface area contributed by atoms with Gasteiger partial charge in [-0.15, -0.1) is 0 Å². The molecular formula is C19H25N3O3. The van der Waals surface area contributed by atoms with Crippen LogP contribution >= 0.6 is 0 Å². The summed E-state index contributed by atoms with van der Waals surface area (Å²) >= 11 is 0. The van der Waals surface area contributed by atoms with Gasteiger partial charge in [0.25, 0.3) is 0 Å². The molecule has 5 atom stereocenters. The fourth-order valence-electron chi connectivity index (χ4n) is 4.86. The number of ether oxygens (including phenoxy) is 1. The number of nitrogens with zero attached hydrogens (tertiary/aromatic N) is 1. The first-order chi connectivity index (χ1) is 12.0. The van der Waals surface area contributed by atoms with Gasteiger partial charge in [-0.2, -0.15) is 0 Å². The molecule has 3 aliphatic rings. The number of aryl methyl sites for hydroxylation is 1. The van der Waals surface area contributed by atoms with Gasteiger partial charge < -0.3 is 20.7 Å². The summed E-state index contributed by atoms with van der Waals surface area (Å²) in [6.45, 7) is 3.54. The van der Waals surface area contributed by atoms with Crippen molar-refractivity contribution in [3.05, 3.63) is 35.4 Å². The summed E-state index contributed by atoms with van der Waals surface area (Å²) in [4.78, 5) is 26.3. The molecule has 4 rings (SSSR count). The van der Waals surface area contributed by atoms with Crippen molar-refractivity contribution in [2.24, 2.45) is 17.6 Å². The molecule has 25 heavy (non-hydrogen) atoms. The van der Waals surface area contributed by atoms with Crippen LogP contribution < -0.4 is 11.1 Å². The minimum absolute atomic E-state index is 0.0794. The molecule has 1 aromatic rings. The first-order valence-electron chi connectivity index (χ1n) is 9.07. The molecule has 0 unspecified atom stereocenters. The van der Waals surface area contributed by atoms with E-state index in [1.54, 1.807) is 0 Å². The number of rotatable bonds is 4. The molecule has 1 aromatic carbocycles. The molecule has 0 saturated carbocycles. The Morgan fingerprint density at radius 2 is 1.88 bits per heavy atom. The highest BCUT2D eigenvalue weighted by Crippen LogP contribution is 2.47. The molecule has 2 bridgehead atoms. The van der Waals surface area contributed by atoms with Gasteiger partial charge >= 0.3 is 6.03 Å². The smallest absolute Gasteiger partial charge is 0.312 e. The van der Waals surface area contributed by atoms with Crippen LogP contribution in [0.2, 0.25) is 0 Å². The molecule has 3 fully saturated rings. The maximum Gasteiger partial charge on any atom is 0.312 e. The number of primary amides is 1. The van der Waals surface area contributed by atoms with Crippen LogP contribution in [0.1, 0.15) is 36.4 Å². The van der Waals surface area contributed by atoms with Crippen LogP contribution in [0.15, 0.2) is 24.3 Å². The predicted molar refractivity (Wildman–Crippen MR) is 92.7 cm³/mol. The summed E-state index contributed by atoms with van der Waals surface area (Å²) in [5.74, 6) is 1.06. The van der Waals surface area contributed by atoms with Gasteiger partial charge in [0.15, 0.2) is 0 Å². The van der Waals surface area contributed by atoms with Crippen molar-refractivity contribution in [2.45, 2.75) is 44.4 Å². The first kappa shape index (κ1) is 16.4. The normalized spacial score (nSPS) is 31.0. The lowest BCUT2D eigenvalue weighted by Gasteiger charge is -2.24. The number of amides is 3. The number of nitrogens with one attached hydrogen (secondary N) is 1. The van der Waals surface area contributed by atoms with Crippen LogP contribution in [0.5, 0.6) is 0 Å². The number of carbonyl (C=O) groups is 2. The molecule has 3 saturated heterocycles. The third-order valence-corrected chi connectivity index (χ3v) is 6.06. The Morgan fingerprint density at radius 1 is 1.24 bits per heavy atom. The average Bonchev–Trinajstić information content (AvgIpc) is 3.27. The molecule has 6 nitrogen and oxygen atoms in total. The quantitative estimate of drug-likeness (QED) is 0.873. The molecule has 3 aliphatic heterocycles. The lowest BCUT2D eigenvalue weighted by Crippen LogP contribution is -2.38. The first-order valence-corrected chi connectivity index (χ1v) is 9.07. The van der Waals surface area contributed by atoms with Gasteiger partial charge in [-0.3, -0.25) is 4.79 Å². The number of hydrogen-bond donors (Lipinski definition) is 2. The Bertz CT molecular complexity index is 674. The number of hydrogen-bond acceptors (Lipinski definition) is 3. The van der Waals surface area contributed by atoms with Gasteiger partial charge in [-0.05, 0) is 30.9 Å². The van der Waals surface area contributed by atoms with Crippen LogP contribution in [0, 0.1) is 18.8 Å². The molecule has 0 aromatic heterocycles. The van der Waals surface area contributed by atoms with Crippen molar-refractivity contribution in [3.8, 4) is 0 Å². The van der Waals surface area contributed by atoms with E-state index < -0.39 is 6.03 Å². The number of urea groups is 1. The monoisotopic (exact) mass is 343 g/mol. The van der Waals surface area contributed by atoms with Crippen molar-refractivity contribution < 1.29 is 14.3 Å². The van der Waals surface area contributed by atoms with Gasteiger partial charge in [0, 0.05) is 24.9 Å². The van der Waals surface area contributed by atoms with Gasteiger partial charge in [0.1, 0.15) is 0 Å². The predicted octanol–water partition coefficient (Wildman–Crippen LogP) is 1.73. The van der Waals surface area contributed by atoms with Crippen LogP contribution in [-0.4, -0.2) is 42.1 Å². The SMILES string of the molecule is Cc1ccccc1[C@H](CC(=O)N1C[C@@H]2[C@@H](C1)[C@H]1CC[C@H]2O1)NC(N)=O. The summed E-state index contributed by atoms with van der Waals surface area (Å²) < 4.78 is 5.97. The van der Waals surface area contributed by atoms with Gasteiger partial charge in [-0.1, -0.05) is 24.3 Å². The summed E-state index contributed by atoms with van der Waals surface area (Å²) in [6.07, 6.45) is 3.17. The van der Waals surface area contributed by atoms with E-state index in [4.69, 9.17) is 10.5 Å². The topological polar surface area (TPSA) is 84.7 Å². The molecule has 3 heterocycles. The summed E-state index contributed by atoms with van der Waals surface area (Å²) in [5.41, 5.74) is 7.32. The van der Waals surface area contributed by atoms with E-state index in [1.165, 1.54) is 0 Å². The van der Waals surface area contributed by atoms with Gasteiger partial charge in [0.05, 0.1) is 24.7 Å².